The molecule has 0 amide bonds. The highest BCUT2D eigenvalue weighted by Gasteiger charge is 2.38. The molecule has 0 radical (unpaired) electrons. The van der Waals surface area contributed by atoms with Gasteiger partial charge in [-0.1, -0.05) is 55.8 Å². The zero-order chi connectivity index (χ0) is 32.5. The average Bonchev–Trinajstić information content (AvgIpc) is 3.46. The molecule has 1 fully saturated rings. The molecule has 46 heavy (non-hydrogen) atoms. The summed E-state index contributed by atoms with van der Waals surface area (Å²) in [5.41, 5.74) is 7.30. The largest absolute Gasteiger partial charge is 0.467 e. The van der Waals surface area contributed by atoms with E-state index < -0.39 is 17.7 Å². The Morgan fingerprint density at radius 2 is 1.76 bits per heavy atom. The van der Waals surface area contributed by atoms with Gasteiger partial charge in [-0.2, -0.15) is 9.61 Å². The second-order valence-electron chi connectivity index (χ2n) is 14.3. The number of hydrogen-bond donors (Lipinski definition) is 0. The molecular weight excluding hydrogens is 576 g/mol. The maximum Gasteiger partial charge on any atom is 0.339 e. The Labute approximate surface area is 273 Å². The first-order chi connectivity index (χ1) is 22.0. The summed E-state index contributed by atoms with van der Waals surface area (Å²) in [6.45, 7) is 13.3. The molecule has 0 N–H and O–H groups in total. The fourth-order valence-electron chi connectivity index (χ4n) is 6.84. The number of esters is 1. The van der Waals surface area contributed by atoms with Gasteiger partial charge in [0, 0.05) is 37.0 Å². The van der Waals surface area contributed by atoms with Crippen LogP contribution in [0.25, 0.3) is 28.0 Å². The second kappa shape index (κ2) is 13.2. The molecule has 3 aliphatic heterocycles. The SMILES string of the molecule is COC(=O)[C@@H](OC(C)(C)C)c1c(C)nc2cc3nn2c1N1CCC(C)(CC1)COCCCCCc1ccccc1-c1cccc-3c1. The zero-order valence-electron chi connectivity index (χ0n) is 28.3. The Morgan fingerprint density at radius 3 is 2.52 bits per heavy atom. The number of carbonyl (C=O) groups excluding carboxylic acids is 1. The van der Waals surface area contributed by atoms with Crippen molar-refractivity contribution in [1.82, 2.24) is 14.6 Å². The highest BCUT2D eigenvalue weighted by molar-refractivity contribution is 5.81. The minimum atomic E-state index is -0.952. The third-order valence-electron chi connectivity index (χ3n) is 9.40. The molecule has 3 aliphatic rings. The average molecular weight is 625 g/mol. The van der Waals surface area contributed by atoms with Crippen LogP contribution in [-0.2, 0) is 25.4 Å². The maximum atomic E-state index is 13.4. The van der Waals surface area contributed by atoms with Gasteiger partial charge >= 0.3 is 5.97 Å². The van der Waals surface area contributed by atoms with Crippen LogP contribution in [0.4, 0.5) is 5.82 Å². The fourth-order valence-corrected chi connectivity index (χ4v) is 6.84. The van der Waals surface area contributed by atoms with Crippen LogP contribution < -0.4 is 4.90 Å². The predicted octanol–water partition coefficient (Wildman–Crippen LogP) is 7.75. The first kappa shape index (κ1) is 32.2. The quantitative estimate of drug-likeness (QED) is 0.216. The molecule has 1 saturated heterocycles. The van der Waals surface area contributed by atoms with Crippen LogP contribution in [0.3, 0.4) is 0 Å². The van der Waals surface area contributed by atoms with Gasteiger partial charge < -0.3 is 19.1 Å². The molecule has 0 aliphatic carbocycles. The van der Waals surface area contributed by atoms with E-state index >= 15 is 0 Å². The number of anilines is 1. The van der Waals surface area contributed by atoms with Crippen molar-refractivity contribution in [3.05, 3.63) is 71.4 Å². The van der Waals surface area contributed by atoms with E-state index in [4.69, 9.17) is 24.3 Å². The smallest absolute Gasteiger partial charge is 0.339 e. The van der Waals surface area contributed by atoms with Gasteiger partial charge in [-0.05, 0) is 88.0 Å². The first-order valence-corrected chi connectivity index (χ1v) is 16.7. The van der Waals surface area contributed by atoms with E-state index in [1.165, 1.54) is 23.8 Å². The van der Waals surface area contributed by atoms with Crippen LogP contribution in [0.1, 0.15) is 82.7 Å². The molecule has 0 saturated carbocycles. The Bertz CT molecular complexity index is 1700. The predicted molar refractivity (Wildman–Crippen MR) is 182 cm³/mol. The molecule has 5 heterocycles. The van der Waals surface area contributed by atoms with Gasteiger partial charge in [0.15, 0.2) is 11.8 Å². The molecule has 4 aromatic rings. The van der Waals surface area contributed by atoms with Gasteiger partial charge in [-0.15, -0.1) is 0 Å². The molecule has 6 bridgehead atoms. The summed E-state index contributed by atoms with van der Waals surface area (Å²) < 4.78 is 19.9. The topological polar surface area (TPSA) is 78.2 Å². The van der Waals surface area contributed by atoms with Crippen LogP contribution in [0.2, 0.25) is 0 Å². The number of ether oxygens (including phenoxy) is 3. The standard InChI is InChI=1S/C38H48N4O4/c1-26-33(34(36(43)44-6)46-37(2,3)4)35-41-20-18-38(5,19-21-41)25-45-22-11-7-8-13-27-14-9-10-17-30(27)28-15-12-16-29(23-28)31-24-32(39-26)42(35)40-31/h9-10,12,14-17,23-24,34H,7-8,11,13,18-22,25H2,1-6H3/t34-/m0/s1. The molecule has 2 aromatic carbocycles. The molecule has 7 rings (SSSR count). The number of hydrogen-bond acceptors (Lipinski definition) is 7. The summed E-state index contributed by atoms with van der Waals surface area (Å²) in [6.07, 6.45) is 5.37. The van der Waals surface area contributed by atoms with Gasteiger partial charge in [0.2, 0.25) is 0 Å². The van der Waals surface area contributed by atoms with E-state index in [9.17, 15) is 4.79 Å². The normalized spacial score (nSPS) is 17.9. The highest BCUT2D eigenvalue weighted by atomic mass is 16.6. The summed E-state index contributed by atoms with van der Waals surface area (Å²) in [5.74, 6) is 0.392. The van der Waals surface area contributed by atoms with E-state index in [2.05, 4.69) is 60.4 Å². The Balaban J connectivity index is 1.53. The summed E-state index contributed by atoms with van der Waals surface area (Å²) in [4.78, 5) is 20.7. The number of nitrogens with zero attached hydrogens (tertiary/aromatic N) is 4. The summed E-state index contributed by atoms with van der Waals surface area (Å²) in [7, 11) is 1.41. The maximum absolute atomic E-state index is 13.4. The summed E-state index contributed by atoms with van der Waals surface area (Å²) in [5, 5.41) is 5.19. The number of aryl methyl sites for hydroxylation is 2. The van der Waals surface area contributed by atoms with Gasteiger partial charge in [0.05, 0.1) is 30.6 Å². The van der Waals surface area contributed by atoms with E-state index in [0.717, 1.165) is 93.2 Å². The van der Waals surface area contributed by atoms with Crippen molar-refractivity contribution < 1.29 is 19.0 Å². The number of fused-ring (bicyclic) bond motifs is 8. The monoisotopic (exact) mass is 624 g/mol. The van der Waals surface area contributed by atoms with Gasteiger partial charge in [-0.3, -0.25) is 0 Å². The highest BCUT2D eigenvalue weighted by Crippen LogP contribution is 2.40. The molecule has 8 heteroatoms. The van der Waals surface area contributed by atoms with Crippen LogP contribution in [0.15, 0.2) is 54.6 Å². The molecule has 8 nitrogen and oxygen atoms in total. The van der Waals surface area contributed by atoms with Gasteiger partial charge in [0.25, 0.3) is 0 Å². The molecule has 1 atom stereocenters. The van der Waals surface area contributed by atoms with Crippen molar-refractivity contribution >= 4 is 17.4 Å². The summed E-state index contributed by atoms with van der Waals surface area (Å²) >= 11 is 0. The van der Waals surface area contributed by atoms with E-state index in [-0.39, 0.29) is 5.41 Å². The third-order valence-corrected chi connectivity index (χ3v) is 9.40. The second-order valence-corrected chi connectivity index (χ2v) is 14.3. The lowest BCUT2D eigenvalue weighted by Crippen LogP contribution is -2.43. The minimum Gasteiger partial charge on any atom is -0.467 e. The van der Waals surface area contributed by atoms with Crippen molar-refractivity contribution in [2.75, 3.05) is 38.3 Å². The van der Waals surface area contributed by atoms with Crippen molar-refractivity contribution in [3.8, 4) is 22.4 Å². The summed E-state index contributed by atoms with van der Waals surface area (Å²) in [6, 6.07) is 19.4. The van der Waals surface area contributed by atoms with E-state index in [1.54, 1.807) is 0 Å². The van der Waals surface area contributed by atoms with E-state index in [1.807, 2.05) is 38.3 Å². The Morgan fingerprint density at radius 1 is 1.00 bits per heavy atom. The fraction of sp³-hybridized carbons (Fsp3) is 0.500. The number of methoxy groups -OCH3 is 1. The lowest BCUT2D eigenvalue weighted by atomic mass is 9.81. The van der Waals surface area contributed by atoms with Crippen molar-refractivity contribution in [2.45, 2.75) is 84.8 Å². The third kappa shape index (κ3) is 6.83. The molecule has 244 valence electrons. The van der Waals surface area contributed by atoms with Crippen molar-refractivity contribution in [2.24, 2.45) is 5.41 Å². The van der Waals surface area contributed by atoms with Gasteiger partial charge in [0.1, 0.15) is 5.82 Å². The van der Waals surface area contributed by atoms with E-state index in [0.29, 0.717) is 5.56 Å². The number of benzene rings is 2. The first-order valence-electron chi connectivity index (χ1n) is 16.7. The minimum absolute atomic E-state index is 0.0804. The molecular formula is C38H48N4O4. The van der Waals surface area contributed by atoms with Crippen LogP contribution in [-0.4, -0.2) is 59.6 Å². The van der Waals surface area contributed by atoms with Crippen LogP contribution in [0, 0.1) is 12.3 Å². The molecule has 0 spiro atoms. The van der Waals surface area contributed by atoms with Crippen molar-refractivity contribution in [1.29, 1.82) is 0 Å². The van der Waals surface area contributed by atoms with Gasteiger partial charge in [-0.25, -0.2) is 9.78 Å². The number of rotatable bonds is 3. The van der Waals surface area contributed by atoms with Crippen molar-refractivity contribution in [3.63, 3.8) is 0 Å². The Hall–Kier alpha value is -3.75. The number of piperidine rings is 1. The number of aromatic nitrogens is 3. The Kier molecular flexibility index (Phi) is 9.22. The molecule has 2 aromatic heterocycles. The lowest BCUT2D eigenvalue weighted by molar-refractivity contribution is -0.164. The molecule has 0 unspecified atom stereocenters. The lowest BCUT2D eigenvalue weighted by Gasteiger charge is -2.41. The number of carbonyl (C=O) groups is 1. The zero-order valence-corrected chi connectivity index (χ0v) is 28.3. The van der Waals surface area contributed by atoms with Crippen LogP contribution in [0.5, 0.6) is 0 Å². The van der Waals surface area contributed by atoms with Crippen LogP contribution >= 0.6 is 0 Å².